The summed E-state index contributed by atoms with van der Waals surface area (Å²) >= 11 is 0. The SMILES string of the molecule is CCCOc1ncnc(NCc2c(C)noc2C)c1N. The number of nitrogens with zero attached hydrogens (tertiary/aromatic N) is 3. The third kappa shape index (κ3) is 2.98. The van der Waals surface area contributed by atoms with Crippen molar-refractivity contribution in [3.63, 3.8) is 0 Å². The summed E-state index contributed by atoms with van der Waals surface area (Å²) in [6.45, 7) is 6.90. The molecule has 2 aromatic heterocycles. The van der Waals surface area contributed by atoms with E-state index in [2.05, 4.69) is 20.4 Å². The number of hydrogen-bond acceptors (Lipinski definition) is 7. The summed E-state index contributed by atoms with van der Waals surface area (Å²) in [5.74, 6) is 1.74. The number of anilines is 2. The lowest BCUT2D eigenvalue weighted by Crippen LogP contribution is -2.09. The van der Waals surface area contributed by atoms with E-state index in [0.717, 1.165) is 23.4 Å². The van der Waals surface area contributed by atoms with Crippen LogP contribution in [0.3, 0.4) is 0 Å². The van der Waals surface area contributed by atoms with Gasteiger partial charge in [-0.1, -0.05) is 12.1 Å². The number of nitrogens with two attached hydrogens (primary N) is 1. The Morgan fingerprint density at radius 3 is 2.80 bits per heavy atom. The summed E-state index contributed by atoms with van der Waals surface area (Å²) in [4.78, 5) is 8.15. The highest BCUT2D eigenvalue weighted by molar-refractivity contribution is 5.66. The fraction of sp³-hybridized carbons (Fsp3) is 0.462. The van der Waals surface area contributed by atoms with Crippen molar-refractivity contribution >= 4 is 11.5 Å². The Bertz CT molecular complexity index is 563. The molecule has 0 spiro atoms. The van der Waals surface area contributed by atoms with Crippen molar-refractivity contribution in [1.82, 2.24) is 15.1 Å². The van der Waals surface area contributed by atoms with E-state index in [-0.39, 0.29) is 0 Å². The first-order chi connectivity index (χ1) is 9.63. The van der Waals surface area contributed by atoms with Gasteiger partial charge in [-0.25, -0.2) is 4.98 Å². The summed E-state index contributed by atoms with van der Waals surface area (Å²) in [5.41, 5.74) is 8.25. The van der Waals surface area contributed by atoms with Gasteiger partial charge in [-0.2, -0.15) is 4.98 Å². The van der Waals surface area contributed by atoms with Crippen LogP contribution in [-0.4, -0.2) is 21.7 Å². The molecule has 0 bridgehead atoms. The molecule has 0 fully saturated rings. The second-order valence-corrected chi connectivity index (χ2v) is 4.45. The minimum atomic E-state index is 0.406. The van der Waals surface area contributed by atoms with E-state index >= 15 is 0 Å². The van der Waals surface area contributed by atoms with Crippen molar-refractivity contribution in [3.8, 4) is 5.88 Å². The number of aromatic nitrogens is 3. The topological polar surface area (TPSA) is 99.1 Å². The van der Waals surface area contributed by atoms with E-state index in [0.29, 0.717) is 30.5 Å². The molecule has 0 saturated carbocycles. The zero-order valence-electron chi connectivity index (χ0n) is 11.9. The largest absolute Gasteiger partial charge is 0.476 e. The highest BCUT2D eigenvalue weighted by Crippen LogP contribution is 2.25. The van der Waals surface area contributed by atoms with Crippen LogP contribution in [0.4, 0.5) is 11.5 Å². The van der Waals surface area contributed by atoms with Gasteiger partial charge in [0.05, 0.1) is 12.3 Å². The van der Waals surface area contributed by atoms with Crippen LogP contribution in [0.2, 0.25) is 0 Å². The third-order valence-electron chi connectivity index (χ3n) is 2.90. The number of rotatable bonds is 6. The van der Waals surface area contributed by atoms with Gasteiger partial charge >= 0.3 is 0 Å². The maximum absolute atomic E-state index is 5.99. The molecule has 0 aromatic carbocycles. The number of aryl methyl sites for hydroxylation is 2. The first-order valence-corrected chi connectivity index (χ1v) is 6.52. The maximum Gasteiger partial charge on any atom is 0.242 e. The Balaban J connectivity index is 2.10. The summed E-state index contributed by atoms with van der Waals surface area (Å²) in [5, 5.41) is 7.06. The van der Waals surface area contributed by atoms with Gasteiger partial charge < -0.3 is 20.3 Å². The lowest BCUT2D eigenvalue weighted by atomic mass is 10.2. The lowest BCUT2D eigenvalue weighted by molar-refractivity contribution is 0.306. The van der Waals surface area contributed by atoms with Crippen LogP contribution in [0.5, 0.6) is 5.88 Å². The van der Waals surface area contributed by atoms with E-state index in [4.69, 9.17) is 15.0 Å². The maximum atomic E-state index is 5.99. The van der Waals surface area contributed by atoms with Crippen molar-refractivity contribution in [2.75, 3.05) is 17.7 Å². The first-order valence-electron chi connectivity index (χ1n) is 6.52. The highest BCUT2D eigenvalue weighted by Gasteiger charge is 2.12. The molecule has 2 aromatic rings. The smallest absolute Gasteiger partial charge is 0.242 e. The summed E-state index contributed by atoms with van der Waals surface area (Å²) in [6.07, 6.45) is 2.32. The van der Waals surface area contributed by atoms with Gasteiger partial charge in [0.2, 0.25) is 5.88 Å². The molecule has 2 rings (SSSR count). The van der Waals surface area contributed by atoms with Crippen LogP contribution in [0.25, 0.3) is 0 Å². The first kappa shape index (κ1) is 14.1. The highest BCUT2D eigenvalue weighted by atomic mass is 16.5. The molecule has 20 heavy (non-hydrogen) atoms. The second kappa shape index (κ2) is 6.23. The molecule has 7 nitrogen and oxygen atoms in total. The molecule has 0 aliphatic rings. The second-order valence-electron chi connectivity index (χ2n) is 4.45. The molecular formula is C13H19N5O2. The van der Waals surface area contributed by atoms with Crippen molar-refractivity contribution in [1.29, 1.82) is 0 Å². The summed E-state index contributed by atoms with van der Waals surface area (Å²) in [7, 11) is 0. The van der Waals surface area contributed by atoms with Gasteiger partial charge in [0.25, 0.3) is 0 Å². The van der Waals surface area contributed by atoms with Crippen molar-refractivity contribution in [2.24, 2.45) is 0 Å². The van der Waals surface area contributed by atoms with Gasteiger partial charge in [-0.3, -0.25) is 0 Å². The number of nitrogens with one attached hydrogen (secondary N) is 1. The van der Waals surface area contributed by atoms with E-state index in [9.17, 15) is 0 Å². The van der Waals surface area contributed by atoms with E-state index in [1.54, 1.807) is 0 Å². The fourth-order valence-electron chi connectivity index (χ4n) is 1.76. The third-order valence-corrected chi connectivity index (χ3v) is 2.90. The minimum absolute atomic E-state index is 0.406. The van der Waals surface area contributed by atoms with E-state index in [1.807, 2.05) is 20.8 Å². The molecule has 0 aliphatic heterocycles. The van der Waals surface area contributed by atoms with Crippen LogP contribution in [0.1, 0.15) is 30.4 Å². The fourth-order valence-corrected chi connectivity index (χ4v) is 1.76. The number of ether oxygens (including phenoxy) is 1. The van der Waals surface area contributed by atoms with Crippen molar-refractivity contribution in [2.45, 2.75) is 33.7 Å². The van der Waals surface area contributed by atoms with Crippen LogP contribution in [0.15, 0.2) is 10.9 Å². The Hall–Kier alpha value is -2.31. The Kier molecular flexibility index (Phi) is 4.39. The van der Waals surface area contributed by atoms with Crippen LogP contribution >= 0.6 is 0 Å². The Morgan fingerprint density at radius 1 is 1.35 bits per heavy atom. The molecule has 0 atom stereocenters. The average Bonchev–Trinajstić information content (AvgIpc) is 2.76. The molecule has 7 heteroatoms. The standard InChI is InChI=1S/C13H19N5O2/c1-4-5-19-13-11(14)12(16-7-17-13)15-6-10-8(2)18-20-9(10)3/h7H,4-6,14H2,1-3H3,(H,15,16,17). The molecule has 0 saturated heterocycles. The zero-order chi connectivity index (χ0) is 14.5. The van der Waals surface area contributed by atoms with Gasteiger partial charge in [0, 0.05) is 12.1 Å². The molecule has 3 N–H and O–H groups in total. The molecular weight excluding hydrogens is 258 g/mol. The summed E-state index contributed by atoms with van der Waals surface area (Å²) < 4.78 is 10.6. The monoisotopic (exact) mass is 277 g/mol. The van der Waals surface area contributed by atoms with Gasteiger partial charge in [-0.15, -0.1) is 0 Å². The number of hydrogen-bond donors (Lipinski definition) is 2. The number of nitrogen functional groups attached to an aromatic ring is 1. The molecule has 108 valence electrons. The average molecular weight is 277 g/mol. The molecule has 0 amide bonds. The van der Waals surface area contributed by atoms with Crippen LogP contribution in [0, 0.1) is 13.8 Å². The summed E-state index contributed by atoms with van der Waals surface area (Å²) in [6, 6.07) is 0. The minimum Gasteiger partial charge on any atom is -0.476 e. The lowest BCUT2D eigenvalue weighted by Gasteiger charge is -2.11. The molecule has 0 radical (unpaired) electrons. The predicted molar refractivity (Wildman–Crippen MR) is 75.5 cm³/mol. The van der Waals surface area contributed by atoms with Crippen LogP contribution < -0.4 is 15.8 Å². The van der Waals surface area contributed by atoms with Gasteiger partial charge in [-0.05, 0) is 20.3 Å². The van der Waals surface area contributed by atoms with Crippen molar-refractivity contribution in [3.05, 3.63) is 23.3 Å². The van der Waals surface area contributed by atoms with Gasteiger partial charge in [0.15, 0.2) is 5.82 Å². The molecule has 2 heterocycles. The molecule has 0 unspecified atom stereocenters. The van der Waals surface area contributed by atoms with Crippen molar-refractivity contribution < 1.29 is 9.26 Å². The van der Waals surface area contributed by atoms with Gasteiger partial charge in [0.1, 0.15) is 17.8 Å². The normalized spacial score (nSPS) is 10.6. The zero-order valence-corrected chi connectivity index (χ0v) is 11.9. The van der Waals surface area contributed by atoms with E-state index in [1.165, 1.54) is 6.33 Å². The Morgan fingerprint density at radius 2 is 2.15 bits per heavy atom. The van der Waals surface area contributed by atoms with E-state index < -0.39 is 0 Å². The quantitative estimate of drug-likeness (QED) is 0.833. The molecule has 0 aliphatic carbocycles. The predicted octanol–water partition coefficient (Wildman–Crippen LogP) is 2.06. The van der Waals surface area contributed by atoms with Crippen LogP contribution in [-0.2, 0) is 6.54 Å². The Labute approximate surface area is 117 Å².